The minimum absolute atomic E-state index is 0.00882. The fourth-order valence-electron chi connectivity index (χ4n) is 4.10. The van der Waals surface area contributed by atoms with Gasteiger partial charge < -0.3 is 19.8 Å². The molecule has 9 nitrogen and oxygen atoms in total. The molecule has 2 aromatic carbocycles. The molecule has 3 heterocycles. The molecule has 0 radical (unpaired) electrons. The number of primary amides is 1. The van der Waals surface area contributed by atoms with E-state index in [0.717, 1.165) is 25.0 Å². The molecule has 1 aliphatic heterocycles. The van der Waals surface area contributed by atoms with Crippen LogP contribution in [0, 0.1) is 11.6 Å². The SMILES string of the molecule is CC[C@H](Oc1cc2c3c(c1)nc(-c1cc(F)c(-c4ncn[nH]4)cc1F)n3CCCCO2)C(N)=O. The fraction of sp³-hybridized carbons (Fsp3) is 0.304. The quantitative estimate of drug-likeness (QED) is 0.446. The van der Waals surface area contributed by atoms with E-state index in [0.29, 0.717) is 42.1 Å². The molecule has 2 aromatic heterocycles. The first kappa shape index (κ1) is 21.8. The number of aromatic nitrogens is 5. The van der Waals surface area contributed by atoms with Gasteiger partial charge in [-0.15, -0.1) is 0 Å². The van der Waals surface area contributed by atoms with Crippen LogP contribution in [0.15, 0.2) is 30.6 Å². The maximum atomic E-state index is 15.2. The number of ether oxygens (including phenoxy) is 2. The van der Waals surface area contributed by atoms with Gasteiger partial charge in [0.2, 0.25) is 0 Å². The van der Waals surface area contributed by atoms with E-state index in [-0.39, 0.29) is 22.8 Å². The Balaban J connectivity index is 1.66. The Hall–Kier alpha value is -4.02. The van der Waals surface area contributed by atoms with Gasteiger partial charge in [-0.1, -0.05) is 6.92 Å². The van der Waals surface area contributed by atoms with Crippen LogP contribution < -0.4 is 15.2 Å². The Kier molecular flexibility index (Phi) is 5.60. The lowest BCUT2D eigenvalue weighted by atomic mass is 10.1. The lowest BCUT2D eigenvalue weighted by molar-refractivity contribution is -0.124. The van der Waals surface area contributed by atoms with Crippen molar-refractivity contribution in [2.75, 3.05) is 6.61 Å². The van der Waals surface area contributed by atoms with E-state index in [1.807, 2.05) is 4.57 Å². The summed E-state index contributed by atoms with van der Waals surface area (Å²) in [6, 6.07) is 5.50. The van der Waals surface area contributed by atoms with Gasteiger partial charge in [-0.3, -0.25) is 9.89 Å². The molecular weight excluding hydrogens is 446 g/mol. The largest absolute Gasteiger partial charge is 0.491 e. The van der Waals surface area contributed by atoms with E-state index < -0.39 is 23.6 Å². The lowest BCUT2D eigenvalue weighted by Crippen LogP contribution is -2.32. The van der Waals surface area contributed by atoms with Crippen molar-refractivity contribution < 1.29 is 23.0 Å². The number of rotatable bonds is 6. The molecule has 0 bridgehead atoms. The number of benzene rings is 2. The topological polar surface area (TPSA) is 121 Å². The Morgan fingerprint density at radius 3 is 2.76 bits per heavy atom. The monoisotopic (exact) mass is 468 g/mol. The fourth-order valence-corrected chi connectivity index (χ4v) is 4.10. The Bertz CT molecular complexity index is 1370. The third kappa shape index (κ3) is 3.82. The van der Waals surface area contributed by atoms with Crippen LogP contribution >= 0.6 is 0 Å². The average molecular weight is 468 g/mol. The van der Waals surface area contributed by atoms with E-state index in [4.69, 9.17) is 15.2 Å². The van der Waals surface area contributed by atoms with Crippen LogP contribution in [0.1, 0.15) is 26.2 Å². The van der Waals surface area contributed by atoms with Gasteiger partial charge in [-0.05, 0) is 31.4 Å². The van der Waals surface area contributed by atoms with Crippen LogP contribution in [0.2, 0.25) is 0 Å². The maximum Gasteiger partial charge on any atom is 0.258 e. The van der Waals surface area contributed by atoms with E-state index in [2.05, 4.69) is 20.2 Å². The van der Waals surface area contributed by atoms with Gasteiger partial charge in [-0.25, -0.2) is 18.7 Å². The smallest absolute Gasteiger partial charge is 0.258 e. The van der Waals surface area contributed by atoms with Crippen molar-refractivity contribution in [1.82, 2.24) is 24.7 Å². The predicted octanol–water partition coefficient (Wildman–Crippen LogP) is 3.58. The third-order valence-electron chi connectivity index (χ3n) is 5.75. The van der Waals surface area contributed by atoms with Crippen molar-refractivity contribution >= 4 is 16.9 Å². The minimum Gasteiger partial charge on any atom is -0.491 e. The molecule has 0 spiro atoms. The van der Waals surface area contributed by atoms with Crippen molar-refractivity contribution in [1.29, 1.82) is 0 Å². The van der Waals surface area contributed by atoms with E-state index in [1.54, 1.807) is 19.1 Å². The lowest BCUT2D eigenvalue weighted by Gasteiger charge is -2.18. The number of nitrogens with one attached hydrogen (secondary N) is 1. The summed E-state index contributed by atoms with van der Waals surface area (Å²) in [6.45, 7) is 2.82. The van der Waals surface area contributed by atoms with Gasteiger partial charge in [0.1, 0.15) is 40.8 Å². The first-order chi connectivity index (χ1) is 16.5. The molecule has 4 aromatic rings. The number of hydrogen-bond acceptors (Lipinski definition) is 6. The summed E-state index contributed by atoms with van der Waals surface area (Å²) in [7, 11) is 0. The van der Waals surface area contributed by atoms with Gasteiger partial charge in [0.15, 0.2) is 11.9 Å². The number of aryl methyl sites for hydroxylation is 1. The molecule has 11 heteroatoms. The molecule has 5 rings (SSSR count). The summed E-state index contributed by atoms with van der Waals surface area (Å²) >= 11 is 0. The number of carbonyl (C=O) groups is 1. The van der Waals surface area contributed by atoms with Crippen LogP contribution in [-0.4, -0.2) is 43.4 Å². The third-order valence-corrected chi connectivity index (χ3v) is 5.75. The molecule has 0 aliphatic carbocycles. The summed E-state index contributed by atoms with van der Waals surface area (Å²) in [5.41, 5.74) is 6.52. The first-order valence-electron chi connectivity index (χ1n) is 10.9. The highest BCUT2D eigenvalue weighted by Crippen LogP contribution is 2.38. The van der Waals surface area contributed by atoms with Gasteiger partial charge in [0.25, 0.3) is 5.91 Å². The zero-order valence-electron chi connectivity index (χ0n) is 18.3. The van der Waals surface area contributed by atoms with Crippen molar-refractivity contribution in [3.63, 3.8) is 0 Å². The number of nitrogens with two attached hydrogens (primary N) is 1. The highest BCUT2D eigenvalue weighted by molar-refractivity contribution is 5.88. The molecule has 176 valence electrons. The van der Waals surface area contributed by atoms with Crippen molar-refractivity contribution in [3.05, 3.63) is 42.2 Å². The van der Waals surface area contributed by atoms with E-state index in [1.165, 1.54) is 6.33 Å². The van der Waals surface area contributed by atoms with Crippen LogP contribution in [0.3, 0.4) is 0 Å². The number of hydrogen-bond donors (Lipinski definition) is 2. The molecule has 0 saturated heterocycles. The Morgan fingerprint density at radius 2 is 2.03 bits per heavy atom. The molecule has 1 amide bonds. The minimum atomic E-state index is -0.810. The zero-order valence-corrected chi connectivity index (χ0v) is 18.3. The predicted molar refractivity (Wildman–Crippen MR) is 119 cm³/mol. The standard InChI is InChI=1S/C23H22F2N6O3/c1-2-18(21(26)32)34-12-7-17-20-19(8-12)33-6-4-3-5-31(20)23(29-17)14-10-15(24)13(9-16(14)25)22-27-11-28-30-22/h7-11,18H,2-6H2,1H3,(H2,26,32)(H,27,28,30)/t18-/m0/s1. The first-order valence-corrected chi connectivity index (χ1v) is 10.9. The van der Waals surface area contributed by atoms with Crippen molar-refractivity contribution in [2.45, 2.75) is 38.8 Å². The average Bonchev–Trinajstić information content (AvgIpc) is 3.44. The molecule has 1 atom stereocenters. The number of H-pyrrole nitrogens is 1. The van der Waals surface area contributed by atoms with Crippen LogP contribution in [0.25, 0.3) is 33.8 Å². The second kappa shape index (κ2) is 8.73. The van der Waals surface area contributed by atoms with Gasteiger partial charge in [-0.2, -0.15) is 5.10 Å². The number of carbonyl (C=O) groups excluding carboxylic acids is 1. The second-order valence-electron chi connectivity index (χ2n) is 7.99. The summed E-state index contributed by atoms with van der Waals surface area (Å²) in [4.78, 5) is 20.2. The Labute approximate surface area is 192 Å². The van der Waals surface area contributed by atoms with E-state index >= 15 is 4.39 Å². The van der Waals surface area contributed by atoms with E-state index in [9.17, 15) is 9.18 Å². The molecule has 3 N–H and O–H groups in total. The number of nitrogens with zero attached hydrogens (tertiary/aromatic N) is 4. The highest BCUT2D eigenvalue weighted by Gasteiger charge is 2.24. The highest BCUT2D eigenvalue weighted by atomic mass is 19.1. The summed E-state index contributed by atoms with van der Waals surface area (Å²) < 4.78 is 43.7. The Morgan fingerprint density at radius 1 is 1.24 bits per heavy atom. The van der Waals surface area contributed by atoms with Crippen LogP contribution in [0.5, 0.6) is 11.5 Å². The maximum absolute atomic E-state index is 15.2. The number of halogens is 2. The molecule has 1 aliphatic rings. The molecule has 0 saturated carbocycles. The molecule has 34 heavy (non-hydrogen) atoms. The van der Waals surface area contributed by atoms with Crippen molar-refractivity contribution in [2.24, 2.45) is 5.73 Å². The van der Waals surface area contributed by atoms with Gasteiger partial charge in [0, 0.05) is 18.7 Å². The van der Waals surface area contributed by atoms with Crippen LogP contribution in [0.4, 0.5) is 8.78 Å². The number of amides is 1. The summed E-state index contributed by atoms with van der Waals surface area (Å²) in [6.07, 6.45) is 2.35. The molecule has 0 unspecified atom stereocenters. The number of imidazole rings is 1. The number of aromatic amines is 1. The molecular formula is C23H22F2N6O3. The normalized spacial score (nSPS) is 14.3. The van der Waals surface area contributed by atoms with Gasteiger partial charge in [0.05, 0.1) is 23.3 Å². The van der Waals surface area contributed by atoms with Crippen molar-refractivity contribution in [3.8, 4) is 34.3 Å². The summed E-state index contributed by atoms with van der Waals surface area (Å²) in [5.74, 6) is -0.653. The summed E-state index contributed by atoms with van der Waals surface area (Å²) in [5, 5.41) is 6.23. The molecule has 0 fully saturated rings. The van der Waals surface area contributed by atoms with Crippen LogP contribution in [-0.2, 0) is 11.3 Å². The second-order valence-corrected chi connectivity index (χ2v) is 7.99. The zero-order chi connectivity index (χ0) is 23.8. The van der Waals surface area contributed by atoms with Gasteiger partial charge >= 0.3 is 0 Å².